The summed E-state index contributed by atoms with van der Waals surface area (Å²) >= 11 is 0. The van der Waals surface area contributed by atoms with Crippen LogP contribution in [0.5, 0.6) is 0 Å². The highest BCUT2D eigenvalue weighted by molar-refractivity contribution is 5.50. The average Bonchev–Trinajstić information content (AvgIpc) is 2.86. The molecule has 0 saturated carbocycles. The lowest BCUT2D eigenvalue weighted by Crippen LogP contribution is -2.17. The lowest BCUT2D eigenvalue weighted by atomic mass is 9.97. The zero-order chi connectivity index (χ0) is 10.3. The Balaban J connectivity index is 2.06. The number of H-pyrrole nitrogens is 2. The third kappa shape index (κ3) is 1.35. The number of hydrogen-bond acceptors (Lipinski definition) is 3. The van der Waals surface area contributed by atoms with Gasteiger partial charge in [0.1, 0.15) is 5.69 Å². The van der Waals surface area contributed by atoms with Crippen molar-refractivity contribution < 1.29 is 0 Å². The number of aromatic amines is 2. The summed E-state index contributed by atoms with van der Waals surface area (Å²) in [7, 11) is 0. The van der Waals surface area contributed by atoms with Gasteiger partial charge in [-0.2, -0.15) is 5.10 Å². The molecule has 2 aromatic heterocycles. The summed E-state index contributed by atoms with van der Waals surface area (Å²) in [5.41, 5.74) is 9.12. The maximum absolute atomic E-state index is 6.00. The molecule has 2 aromatic rings. The SMILES string of the molecule is NC1CCCc2[nH]c(-c3ccn[nH]3)nc21. The number of aryl methyl sites for hydroxylation is 1. The third-order valence-corrected chi connectivity index (χ3v) is 2.86. The van der Waals surface area contributed by atoms with Crippen LogP contribution in [-0.2, 0) is 6.42 Å². The highest BCUT2D eigenvalue weighted by Gasteiger charge is 2.21. The Bertz CT molecular complexity index is 456. The van der Waals surface area contributed by atoms with Gasteiger partial charge in [-0.1, -0.05) is 0 Å². The molecule has 0 bridgehead atoms. The molecule has 1 aliphatic carbocycles. The minimum Gasteiger partial charge on any atom is -0.340 e. The predicted molar refractivity (Wildman–Crippen MR) is 56.0 cm³/mol. The van der Waals surface area contributed by atoms with Gasteiger partial charge in [-0.15, -0.1) is 0 Å². The molecular weight excluding hydrogens is 190 g/mol. The summed E-state index contributed by atoms with van der Waals surface area (Å²) in [5, 5.41) is 6.80. The second-order valence-electron chi connectivity index (χ2n) is 3.92. The summed E-state index contributed by atoms with van der Waals surface area (Å²) < 4.78 is 0. The molecule has 0 spiro atoms. The fourth-order valence-corrected chi connectivity index (χ4v) is 2.07. The highest BCUT2D eigenvalue weighted by Crippen LogP contribution is 2.28. The molecule has 5 heteroatoms. The zero-order valence-corrected chi connectivity index (χ0v) is 8.33. The van der Waals surface area contributed by atoms with Crippen molar-refractivity contribution in [3.63, 3.8) is 0 Å². The van der Waals surface area contributed by atoms with E-state index in [-0.39, 0.29) is 6.04 Å². The molecule has 1 atom stereocenters. The topological polar surface area (TPSA) is 83.4 Å². The van der Waals surface area contributed by atoms with E-state index in [4.69, 9.17) is 5.73 Å². The number of aromatic nitrogens is 4. The second kappa shape index (κ2) is 3.20. The molecule has 1 aliphatic rings. The van der Waals surface area contributed by atoms with Gasteiger partial charge in [-0.25, -0.2) is 4.98 Å². The fraction of sp³-hybridized carbons (Fsp3) is 0.400. The Labute approximate surface area is 87.1 Å². The van der Waals surface area contributed by atoms with E-state index >= 15 is 0 Å². The summed E-state index contributed by atoms with van der Waals surface area (Å²) in [6.07, 6.45) is 4.93. The molecule has 0 radical (unpaired) electrons. The highest BCUT2D eigenvalue weighted by atomic mass is 15.1. The average molecular weight is 203 g/mol. The van der Waals surface area contributed by atoms with Crippen molar-refractivity contribution in [3.05, 3.63) is 23.7 Å². The molecule has 0 fully saturated rings. The van der Waals surface area contributed by atoms with Crippen molar-refractivity contribution in [2.75, 3.05) is 0 Å². The third-order valence-electron chi connectivity index (χ3n) is 2.86. The van der Waals surface area contributed by atoms with E-state index < -0.39 is 0 Å². The van der Waals surface area contributed by atoms with Crippen molar-refractivity contribution in [1.82, 2.24) is 20.2 Å². The first kappa shape index (κ1) is 8.67. The first-order valence-corrected chi connectivity index (χ1v) is 5.18. The summed E-state index contributed by atoms with van der Waals surface area (Å²) in [5.74, 6) is 0.842. The summed E-state index contributed by atoms with van der Waals surface area (Å²) in [4.78, 5) is 7.83. The van der Waals surface area contributed by atoms with Gasteiger partial charge in [0.15, 0.2) is 5.82 Å². The normalized spacial score (nSPS) is 20.2. The van der Waals surface area contributed by atoms with Crippen LogP contribution in [0, 0.1) is 0 Å². The van der Waals surface area contributed by atoms with E-state index in [0.717, 1.165) is 36.5 Å². The number of imidazole rings is 1. The van der Waals surface area contributed by atoms with E-state index in [1.165, 1.54) is 5.69 Å². The van der Waals surface area contributed by atoms with E-state index in [2.05, 4.69) is 20.2 Å². The Hall–Kier alpha value is -1.62. The van der Waals surface area contributed by atoms with Gasteiger partial charge < -0.3 is 10.7 Å². The van der Waals surface area contributed by atoms with E-state index in [1.54, 1.807) is 6.20 Å². The van der Waals surface area contributed by atoms with Crippen molar-refractivity contribution >= 4 is 0 Å². The maximum atomic E-state index is 6.00. The smallest absolute Gasteiger partial charge is 0.155 e. The zero-order valence-electron chi connectivity index (χ0n) is 8.33. The molecule has 5 nitrogen and oxygen atoms in total. The number of nitrogens with one attached hydrogen (secondary N) is 2. The van der Waals surface area contributed by atoms with Crippen molar-refractivity contribution in [3.8, 4) is 11.5 Å². The van der Waals surface area contributed by atoms with Crippen molar-refractivity contribution in [1.29, 1.82) is 0 Å². The van der Waals surface area contributed by atoms with Gasteiger partial charge in [-0.3, -0.25) is 5.10 Å². The quantitative estimate of drug-likeness (QED) is 0.649. The molecule has 15 heavy (non-hydrogen) atoms. The van der Waals surface area contributed by atoms with Gasteiger partial charge in [0.05, 0.1) is 5.69 Å². The molecule has 2 heterocycles. The van der Waals surface area contributed by atoms with E-state index in [1.807, 2.05) is 6.07 Å². The lowest BCUT2D eigenvalue weighted by Gasteiger charge is -2.15. The summed E-state index contributed by atoms with van der Waals surface area (Å²) in [6.45, 7) is 0. The fourth-order valence-electron chi connectivity index (χ4n) is 2.07. The van der Waals surface area contributed by atoms with Crippen LogP contribution >= 0.6 is 0 Å². The van der Waals surface area contributed by atoms with Gasteiger partial charge >= 0.3 is 0 Å². The van der Waals surface area contributed by atoms with Gasteiger partial charge in [-0.05, 0) is 25.3 Å². The van der Waals surface area contributed by atoms with Crippen LogP contribution in [0.2, 0.25) is 0 Å². The van der Waals surface area contributed by atoms with Gasteiger partial charge in [0.2, 0.25) is 0 Å². The number of nitrogens with two attached hydrogens (primary N) is 1. The Morgan fingerprint density at radius 3 is 3.13 bits per heavy atom. The molecule has 0 aromatic carbocycles. The second-order valence-corrected chi connectivity index (χ2v) is 3.92. The number of fused-ring (bicyclic) bond motifs is 1. The molecule has 1 unspecified atom stereocenters. The molecule has 78 valence electrons. The minimum atomic E-state index is 0.0849. The molecule has 0 saturated heterocycles. The lowest BCUT2D eigenvalue weighted by molar-refractivity contribution is 0.555. The first-order chi connectivity index (χ1) is 7.34. The number of rotatable bonds is 1. The Kier molecular flexibility index (Phi) is 1.85. The van der Waals surface area contributed by atoms with Crippen LogP contribution in [0.25, 0.3) is 11.5 Å². The van der Waals surface area contributed by atoms with Crippen LogP contribution in [0.1, 0.15) is 30.3 Å². The summed E-state index contributed by atoms with van der Waals surface area (Å²) in [6, 6.07) is 1.98. The van der Waals surface area contributed by atoms with Gasteiger partial charge in [0.25, 0.3) is 0 Å². The molecule has 3 rings (SSSR count). The standard InChI is InChI=1S/C10H13N5/c11-6-2-1-3-7-9(6)14-10(13-7)8-4-5-12-15-8/h4-6H,1-3,11H2,(H,12,15)(H,13,14). The van der Waals surface area contributed by atoms with E-state index in [0.29, 0.717) is 0 Å². The van der Waals surface area contributed by atoms with Crippen LogP contribution in [-0.4, -0.2) is 20.2 Å². The van der Waals surface area contributed by atoms with Crippen molar-refractivity contribution in [2.24, 2.45) is 5.73 Å². The minimum absolute atomic E-state index is 0.0849. The number of hydrogen-bond donors (Lipinski definition) is 3. The van der Waals surface area contributed by atoms with Crippen LogP contribution in [0.3, 0.4) is 0 Å². The largest absolute Gasteiger partial charge is 0.340 e. The molecule has 4 N–H and O–H groups in total. The predicted octanol–water partition coefficient (Wildman–Crippen LogP) is 1.14. The van der Waals surface area contributed by atoms with Crippen LogP contribution in [0.15, 0.2) is 12.3 Å². The Morgan fingerprint density at radius 2 is 2.40 bits per heavy atom. The van der Waals surface area contributed by atoms with Crippen molar-refractivity contribution in [2.45, 2.75) is 25.3 Å². The maximum Gasteiger partial charge on any atom is 0.155 e. The monoisotopic (exact) mass is 203 g/mol. The molecule has 0 amide bonds. The molecular formula is C10H13N5. The Morgan fingerprint density at radius 1 is 1.47 bits per heavy atom. The number of nitrogens with zero attached hydrogens (tertiary/aromatic N) is 2. The van der Waals surface area contributed by atoms with Gasteiger partial charge in [0, 0.05) is 17.9 Å². The van der Waals surface area contributed by atoms with E-state index in [9.17, 15) is 0 Å². The first-order valence-electron chi connectivity index (χ1n) is 5.18. The molecule has 0 aliphatic heterocycles. The van der Waals surface area contributed by atoms with Crippen LogP contribution < -0.4 is 5.73 Å². The van der Waals surface area contributed by atoms with Crippen LogP contribution in [0.4, 0.5) is 0 Å².